The van der Waals surface area contributed by atoms with Crippen molar-refractivity contribution in [1.29, 1.82) is 0 Å². The van der Waals surface area contributed by atoms with Crippen LogP contribution in [-0.2, 0) is 10.0 Å². The normalized spacial score (nSPS) is 13.9. The van der Waals surface area contributed by atoms with Crippen molar-refractivity contribution in [3.8, 4) is 0 Å². The number of hydrogen-bond acceptors (Lipinski definition) is 4. The van der Waals surface area contributed by atoms with Crippen molar-refractivity contribution >= 4 is 15.7 Å². The van der Waals surface area contributed by atoms with E-state index in [2.05, 4.69) is 9.97 Å². The summed E-state index contributed by atoms with van der Waals surface area (Å²) in [5, 5.41) is -0.512. The number of alkyl halides is 3. The third-order valence-corrected chi connectivity index (χ3v) is 4.82. The number of hydrogen-bond donors (Lipinski definition) is 1. The van der Waals surface area contributed by atoms with E-state index >= 15 is 0 Å². The van der Waals surface area contributed by atoms with Gasteiger partial charge in [-0.2, -0.15) is 17.9 Å². The number of aromatic nitrogens is 3. The van der Waals surface area contributed by atoms with E-state index in [9.17, 15) is 21.6 Å². The molecule has 0 fully saturated rings. The van der Waals surface area contributed by atoms with Crippen molar-refractivity contribution < 1.29 is 21.6 Å². The third-order valence-electron chi connectivity index (χ3n) is 3.53. The average molecular weight is 370 g/mol. The predicted octanol–water partition coefficient (Wildman–Crippen LogP) is 2.62. The van der Waals surface area contributed by atoms with Crippen LogP contribution in [0, 0.1) is 6.92 Å². The second kappa shape index (κ2) is 6.12. The fourth-order valence-corrected chi connectivity index (χ4v) is 3.41. The lowest BCUT2D eigenvalue weighted by molar-refractivity contribution is -0.153. The van der Waals surface area contributed by atoms with Crippen LogP contribution in [0.3, 0.4) is 0 Å². The number of benzene rings is 1. The highest BCUT2D eigenvalue weighted by Crippen LogP contribution is 2.34. The summed E-state index contributed by atoms with van der Waals surface area (Å²) < 4.78 is 68.0. The first-order valence-corrected chi connectivity index (χ1v) is 8.59. The summed E-state index contributed by atoms with van der Waals surface area (Å²) in [6.45, 7) is 1.72. The first kappa shape index (κ1) is 17.4. The molecule has 1 atom stereocenters. The Morgan fingerprint density at radius 2 is 1.88 bits per heavy atom. The van der Waals surface area contributed by atoms with Crippen molar-refractivity contribution in [3.63, 3.8) is 0 Å². The van der Waals surface area contributed by atoms with Crippen LogP contribution in [0.25, 0.3) is 5.65 Å². The van der Waals surface area contributed by atoms with E-state index in [4.69, 9.17) is 0 Å². The maximum absolute atomic E-state index is 13.4. The Bertz CT molecular complexity index is 965. The number of rotatable bonds is 4. The summed E-state index contributed by atoms with van der Waals surface area (Å²) in [4.78, 5) is 7.60. The quantitative estimate of drug-likeness (QED) is 0.766. The van der Waals surface area contributed by atoms with E-state index < -0.39 is 27.3 Å². The molecular weight excluding hydrogens is 357 g/mol. The van der Waals surface area contributed by atoms with Crippen LogP contribution in [0.15, 0.2) is 54.1 Å². The largest absolute Gasteiger partial charge is 0.408 e. The first-order chi connectivity index (χ1) is 11.7. The molecule has 2 aromatic heterocycles. The van der Waals surface area contributed by atoms with Gasteiger partial charge in [0.2, 0.25) is 0 Å². The predicted molar refractivity (Wildman–Crippen MR) is 83.3 cm³/mol. The third kappa shape index (κ3) is 3.64. The number of halogens is 3. The number of nitrogens with one attached hydrogen (secondary N) is 1. The standard InChI is InChI=1S/C15H13F3N4O2S/c1-10-2-4-11(5-3-10)14(15(16,17)18)21-25(23,24)13-9-22-7-6-19-8-12(22)20-13/h2-9,14,21H,1H3. The molecule has 0 saturated carbocycles. The highest BCUT2D eigenvalue weighted by molar-refractivity contribution is 7.89. The molecule has 1 N–H and O–H groups in total. The highest BCUT2D eigenvalue weighted by Gasteiger charge is 2.43. The number of fused-ring (bicyclic) bond motifs is 1. The van der Waals surface area contributed by atoms with Gasteiger partial charge in [-0.25, -0.2) is 13.4 Å². The van der Waals surface area contributed by atoms with E-state index in [1.54, 1.807) is 11.6 Å². The van der Waals surface area contributed by atoms with Crippen LogP contribution in [0.1, 0.15) is 17.2 Å². The fourth-order valence-electron chi connectivity index (χ4n) is 2.25. The van der Waals surface area contributed by atoms with Gasteiger partial charge in [0.25, 0.3) is 10.0 Å². The SMILES string of the molecule is Cc1ccc(C(NS(=O)(=O)c2cn3ccncc3n2)C(F)(F)F)cc1. The van der Waals surface area contributed by atoms with Crippen LogP contribution in [0.5, 0.6) is 0 Å². The first-order valence-electron chi connectivity index (χ1n) is 7.11. The summed E-state index contributed by atoms with van der Waals surface area (Å²) in [5.41, 5.74) is 0.772. The van der Waals surface area contributed by atoms with Gasteiger partial charge in [0.05, 0.1) is 6.20 Å². The summed E-state index contributed by atoms with van der Waals surface area (Å²) in [7, 11) is -4.49. The molecule has 0 aliphatic heterocycles. The van der Waals surface area contributed by atoms with Crippen LogP contribution in [0.4, 0.5) is 13.2 Å². The maximum atomic E-state index is 13.4. The lowest BCUT2D eigenvalue weighted by atomic mass is 10.1. The molecule has 0 saturated heterocycles. The lowest BCUT2D eigenvalue weighted by Gasteiger charge is -2.21. The van der Waals surface area contributed by atoms with E-state index in [-0.39, 0.29) is 11.2 Å². The molecule has 0 aliphatic rings. The highest BCUT2D eigenvalue weighted by atomic mass is 32.2. The second-order valence-corrected chi connectivity index (χ2v) is 7.09. The minimum atomic E-state index is -4.80. The molecule has 10 heteroatoms. The zero-order chi connectivity index (χ0) is 18.2. The van der Waals surface area contributed by atoms with Crippen LogP contribution in [0.2, 0.25) is 0 Å². The molecule has 0 bridgehead atoms. The molecule has 0 radical (unpaired) electrons. The van der Waals surface area contributed by atoms with E-state index in [0.29, 0.717) is 0 Å². The second-order valence-electron chi connectivity index (χ2n) is 5.43. The Hall–Kier alpha value is -2.46. The number of sulfonamides is 1. The molecule has 2 heterocycles. The van der Waals surface area contributed by atoms with Gasteiger partial charge in [0.1, 0.15) is 6.04 Å². The van der Waals surface area contributed by atoms with Gasteiger partial charge in [-0.15, -0.1) is 0 Å². The van der Waals surface area contributed by atoms with Gasteiger partial charge < -0.3 is 4.40 Å². The summed E-state index contributed by atoms with van der Waals surface area (Å²) >= 11 is 0. The molecule has 25 heavy (non-hydrogen) atoms. The van der Waals surface area contributed by atoms with Crippen molar-refractivity contribution in [3.05, 3.63) is 60.2 Å². The molecule has 132 valence electrons. The van der Waals surface area contributed by atoms with Crippen LogP contribution >= 0.6 is 0 Å². The summed E-state index contributed by atoms with van der Waals surface area (Å²) in [6.07, 6.45) is 0.483. The van der Waals surface area contributed by atoms with Crippen molar-refractivity contribution in [2.45, 2.75) is 24.2 Å². The maximum Gasteiger partial charge on any atom is 0.408 e. The lowest BCUT2D eigenvalue weighted by Crippen LogP contribution is -2.38. The molecule has 3 rings (SSSR count). The Balaban J connectivity index is 1.99. The fraction of sp³-hybridized carbons (Fsp3) is 0.200. The molecule has 0 amide bonds. The Kier molecular flexibility index (Phi) is 4.25. The summed E-state index contributed by atoms with van der Waals surface area (Å²) in [5.74, 6) is 0. The monoisotopic (exact) mass is 370 g/mol. The van der Waals surface area contributed by atoms with Gasteiger partial charge in [-0.1, -0.05) is 29.8 Å². The number of nitrogens with zero attached hydrogens (tertiary/aromatic N) is 3. The summed E-state index contributed by atoms with van der Waals surface area (Å²) in [6, 6.07) is 3.08. The van der Waals surface area contributed by atoms with Crippen molar-refractivity contribution in [2.24, 2.45) is 0 Å². The molecule has 0 spiro atoms. The van der Waals surface area contributed by atoms with E-state index in [1.807, 2.05) is 0 Å². The Labute approximate surface area is 141 Å². The minimum absolute atomic E-state index is 0.202. The Morgan fingerprint density at radius 3 is 2.48 bits per heavy atom. The molecule has 3 aromatic rings. The van der Waals surface area contributed by atoms with Crippen LogP contribution in [-0.4, -0.2) is 29.0 Å². The van der Waals surface area contributed by atoms with Crippen LogP contribution < -0.4 is 4.72 Å². The van der Waals surface area contributed by atoms with Crippen molar-refractivity contribution in [2.75, 3.05) is 0 Å². The van der Waals surface area contributed by atoms with Crippen molar-refractivity contribution in [1.82, 2.24) is 19.1 Å². The number of imidazole rings is 1. The smallest absolute Gasteiger partial charge is 0.303 e. The topological polar surface area (TPSA) is 76.4 Å². The molecule has 1 aromatic carbocycles. The zero-order valence-corrected chi connectivity index (χ0v) is 13.7. The molecule has 1 unspecified atom stereocenters. The van der Waals surface area contributed by atoms with E-state index in [0.717, 1.165) is 11.8 Å². The van der Waals surface area contributed by atoms with Gasteiger partial charge in [-0.3, -0.25) is 4.98 Å². The Morgan fingerprint density at radius 1 is 1.20 bits per heavy atom. The zero-order valence-electron chi connectivity index (χ0n) is 12.9. The van der Waals surface area contributed by atoms with E-state index in [1.165, 1.54) is 47.3 Å². The van der Waals surface area contributed by atoms with Gasteiger partial charge in [0.15, 0.2) is 10.7 Å². The van der Waals surface area contributed by atoms with Gasteiger partial charge in [0, 0.05) is 18.6 Å². The minimum Gasteiger partial charge on any atom is -0.303 e. The van der Waals surface area contributed by atoms with Gasteiger partial charge >= 0.3 is 6.18 Å². The average Bonchev–Trinajstić information content (AvgIpc) is 2.98. The number of aryl methyl sites for hydroxylation is 1. The van der Waals surface area contributed by atoms with Gasteiger partial charge in [-0.05, 0) is 12.5 Å². The molecular formula is C15H13F3N4O2S. The molecule has 6 nitrogen and oxygen atoms in total. The molecule has 0 aliphatic carbocycles.